The van der Waals surface area contributed by atoms with Gasteiger partial charge in [0, 0.05) is 16.6 Å². The van der Waals surface area contributed by atoms with Crippen molar-refractivity contribution in [3.05, 3.63) is 88.6 Å². The van der Waals surface area contributed by atoms with Crippen LogP contribution in [-0.4, -0.2) is 4.98 Å². The Labute approximate surface area is 179 Å². The Morgan fingerprint density at radius 2 is 1.50 bits per heavy atom. The van der Waals surface area contributed by atoms with Crippen molar-refractivity contribution in [3.8, 4) is 22.4 Å². The number of aryl methyl sites for hydroxylation is 1. The molecule has 0 saturated carbocycles. The molecule has 150 valence electrons. The lowest BCUT2D eigenvalue weighted by Gasteiger charge is -2.18. The highest BCUT2D eigenvalue weighted by Gasteiger charge is 2.24. The second kappa shape index (κ2) is 7.09. The van der Waals surface area contributed by atoms with E-state index in [1.807, 2.05) is 0 Å². The standard InChI is InChI=1S/C29H29N/c1-17(2)21-11-8-12-23-26(21)16-28(18(3)4)30-29(23)27-14-19(5)13-24-22-10-7-6-9-20(22)15-25(24)27/h6-14,16-18H,15H2,1-5H3. The summed E-state index contributed by atoms with van der Waals surface area (Å²) in [7, 11) is 0. The lowest BCUT2D eigenvalue weighted by molar-refractivity contribution is 0.825. The first-order valence-electron chi connectivity index (χ1n) is 11.1. The van der Waals surface area contributed by atoms with Crippen LogP contribution in [0.2, 0.25) is 0 Å². The third-order valence-electron chi connectivity index (χ3n) is 6.47. The molecule has 1 aliphatic carbocycles. The van der Waals surface area contributed by atoms with Crippen LogP contribution in [0.15, 0.2) is 60.7 Å². The summed E-state index contributed by atoms with van der Waals surface area (Å²) in [6, 6.07) is 22.6. The van der Waals surface area contributed by atoms with Crippen molar-refractivity contribution < 1.29 is 0 Å². The Bertz CT molecular complexity index is 1280. The van der Waals surface area contributed by atoms with E-state index in [0.29, 0.717) is 11.8 Å². The van der Waals surface area contributed by atoms with Crippen LogP contribution in [-0.2, 0) is 6.42 Å². The molecule has 0 radical (unpaired) electrons. The van der Waals surface area contributed by atoms with Crippen molar-refractivity contribution in [1.82, 2.24) is 4.98 Å². The molecular formula is C29H29N. The van der Waals surface area contributed by atoms with Gasteiger partial charge in [0.15, 0.2) is 0 Å². The average Bonchev–Trinajstić information content (AvgIpc) is 3.10. The van der Waals surface area contributed by atoms with E-state index < -0.39 is 0 Å². The van der Waals surface area contributed by atoms with E-state index in [-0.39, 0.29) is 0 Å². The number of aromatic nitrogens is 1. The largest absolute Gasteiger partial charge is 0.252 e. The zero-order valence-electron chi connectivity index (χ0n) is 18.6. The fourth-order valence-corrected chi connectivity index (χ4v) is 4.91. The van der Waals surface area contributed by atoms with E-state index in [1.54, 1.807) is 0 Å². The van der Waals surface area contributed by atoms with Crippen molar-refractivity contribution in [3.63, 3.8) is 0 Å². The Morgan fingerprint density at radius 1 is 0.733 bits per heavy atom. The molecule has 0 bridgehead atoms. The van der Waals surface area contributed by atoms with Crippen molar-refractivity contribution in [2.75, 3.05) is 0 Å². The number of benzene rings is 3. The van der Waals surface area contributed by atoms with E-state index in [1.165, 1.54) is 55.4 Å². The van der Waals surface area contributed by atoms with Gasteiger partial charge in [-0.15, -0.1) is 0 Å². The van der Waals surface area contributed by atoms with Gasteiger partial charge >= 0.3 is 0 Å². The Hall–Kier alpha value is -2.93. The van der Waals surface area contributed by atoms with E-state index in [4.69, 9.17) is 4.98 Å². The van der Waals surface area contributed by atoms with Crippen LogP contribution in [0.3, 0.4) is 0 Å². The highest BCUT2D eigenvalue weighted by atomic mass is 14.7. The summed E-state index contributed by atoms with van der Waals surface area (Å²) in [5, 5.41) is 2.63. The predicted molar refractivity (Wildman–Crippen MR) is 128 cm³/mol. The molecule has 0 unspecified atom stereocenters. The number of hydrogen-bond donors (Lipinski definition) is 0. The fraction of sp³-hybridized carbons (Fsp3) is 0.276. The Morgan fingerprint density at radius 3 is 2.27 bits per heavy atom. The second-order valence-corrected chi connectivity index (χ2v) is 9.32. The highest BCUT2D eigenvalue weighted by Crippen LogP contribution is 2.44. The monoisotopic (exact) mass is 391 g/mol. The van der Waals surface area contributed by atoms with E-state index in [9.17, 15) is 0 Å². The molecule has 0 fully saturated rings. The minimum Gasteiger partial charge on any atom is -0.252 e. The third-order valence-corrected chi connectivity index (χ3v) is 6.47. The third kappa shape index (κ3) is 2.96. The average molecular weight is 392 g/mol. The van der Waals surface area contributed by atoms with Gasteiger partial charge in [-0.25, -0.2) is 0 Å². The maximum absolute atomic E-state index is 5.25. The molecule has 0 amide bonds. The van der Waals surface area contributed by atoms with E-state index in [0.717, 1.165) is 12.1 Å². The normalized spacial score (nSPS) is 12.6. The zero-order chi connectivity index (χ0) is 21.0. The topological polar surface area (TPSA) is 12.9 Å². The van der Waals surface area contributed by atoms with E-state index >= 15 is 0 Å². The van der Waals surface area contributed by atoms with Crippen LogP contribution >= 0.6 is 0 Å². The summed E-state index contributed by atoms with van der Waals surface area (Å²) in [6.45, 7) is 11.3. The van der Waals surface area contributed by atoms with Crippen molar-refractivity contribution in [2.45, 2.75) is 52.9 Å². The summed E-state index contributed by atoms with van der Waals surface area (Å²) in [6.07, 6.45) is 0.986. The maximum Gasteiger partial charge on any atom is 0.0787 e. The minimum absolute atomic E-state index is 0.392. The smallest absolute Gasteiger partial charge is 0.0787 e. The lowest BCUT2D eigenvalue weighted by Crippen LogP contribution is -2.01. The molecular weight excluding hydrogens is 362 g/mol. The Kier molecular flexibility index (Phi) is 4.50. The summed E-state index contributed by atoms with van der Waals surface area (Å²) in [5.41, 5.74) is 11.9. The molecule has 0 spiro atoms. The number of nitrogens with zero attached hydrogens (tertiary/aromatic N) is 1. The number of fused-ring (bicyclic) bond motifs is 4. The second-order valence-electron chi connectivity index (χ2n) is 9.32. The van der Waals surface area contributed by atoms with Gasteiger partial charge in [-0.2, -0.15) is 0 Å². The van der Waals surface area contributed by atoms with Gasteiger partial charge in [-0.3, -0.25) is 4.98 Å². The van der Waals surface area contributed by atoms with Crippen LogP contribution in [0.1, 0.15) is 67.5 Å². The first-order valence-corrected chi connectivity index (χ1v) is 11.1. The van der Waals surface area contributed by atoms with Gasteiger partial charge < -0.3 is 0 Å². The summed E-state index contributed by atoms with van der Waals surface area (Å²) < 4.78 is 0. The molecule has 1 nitrogen and oxygen atoms in total. The van der Waals surface area contributed by atoms with Crippen LogP contribution in [0.25, 0.3) is 33.2 Å². The molecule has 3 aromatic carbocycles. The molecule has 4 aromatic rings. The number of rotatable bonds is 3. The van der Waals surface area contributed by atoms with Crippen LogP contribution in [0, 0.1) is 6.92 Å². The van der Waals surface area contributed by atoms with Gasteiger partial charge in [0.1, 0.15) is 0 Å². The predicted octanol–water partition coefficient (Wildman–Crippen LogP) is 8.03. The number of pyridine rings is 1. The number of hydrogen-bond acceptors (Lipinski definition) is 1. The Balaban J connectivity index is 1.85. The summed E-state index contributed by atoms with van der Waals surface area (Å²) >= 11 is 0. The van der Waals surface area contributed by atoms with Crippen molar-refractivity contribution in [2.24, 2.45) is 0 Å². The fourth-order valence-electron chi connectivity index (χ4n) is 4.91. The summed E-state index contributed by atoms with van der Waals surface area (Å²) in [4.78, 5) is 5.25. The van der Waals surface area contributed by atoms with Crippen LogP contribution < -0.4 is 0 Å². The highest BCUT2D eigenvalue weighted by molar-refractivity contribution is 5.99. The van der Waals surface area contributed by atoms with E-state index in [2.05, 4.69) is 95.3 Å². The SMILES string of the molecule is Cc1cc2c(c(-c3nc(C(C)C)cc4c(C(C)C)cccc34)c1)Cc1ccccc1-2. The molecule has 0 atom stereocenters. The minimum atomic E-state index is 0.392. The molecule has 0 N–H and O–H groups in total. The van der Waals surface area contributed by atoms with Crippen molar-refractivity contribution in [1.29, 1.82) is 0 Å². The summed E-state index contributed by atoms with van der Waals surface area (Å²) in [5.74, 6) is 0.875. The molecule has 1 heteroatoms. The zero-order valence-corrected chi connectivity index (χ0v) is 18.6. The molecule has 5 rings (SSSR count). The molecule has 0 saturated heterocycles. The van der Waals surface area contributed by atoms with Gasteiger partial charge in [0.25, 0.3) is 0 Å². The maximum atomic E-state index is 5.25. The lowest BCUT2D eigenvalue weighted by atomic mass is 9.89. The molecule has 1 aliphatic rings. The van der Waals surface area contributed by atoms with Gasteiger partial charge in [0.05, 0.1) is 5.69 Å². The molecule has 1 aromatic heterocycles. The molecule has 0 aliphatic heterocycles. The molecule has 30 heavy (non-hydrogen) atoms. The van der Waals surface area contributed by atoms with Gasteiger partial charge in [-0.05, 0) is 76.1 Å². The van der Waals surface area contributed by atoms with Gasteiger partial charge in [-0.1, -0.05) is 76.2 Å². The van der Waals surface area contributed by atoms with Gasteiger partial charge in [0.2, 0.25) is 0 Å². The van der Waals surface area contributed by atoms with Crippen LogP contribution in [0.5, 0.6) is 0 Å². The van der Waals surface area contributed by atoms with Crippen molar-refractivity contribution >= 4 is 10.8 Å². The first-order chi connectivity index (χ1) is 14.4. The quantitative estimate of drug-likeness (QED) is 0.303. The molecule has 1 heterocycles. The first kappa shape index (κ1) is 19.1. The van der Waals surface area contributed by atoms with Crippen LogP contribution in [0.4, 0.5) is 0 Å².